The Morgan fingerprint density at radius 2 is 1.59 bits per heavy atom. The largest absolute Gasteiger partial charge is 3.00 e. The van der Waals surface area contributed by atoms with Gasteiger partial charge >= 0.3 is 20.1 Å². The summed E-state index contributed by atoms with van der Waals surface area (Å²) in [5.74, 6) is 1.64. The Bertz CT molecular complexity index is 1940. The van der Waals surface area contributed by atoms with E-state index in [4.69, 9.17) is 4.74 Å². The van der Waals surface area contributed by atoms with E-state index in [1.807, 2.05) is 66.7 Å². The van der Waals surface area contributed by atoms with Gasteiger partial charge in [-0.05, 0) is 43.8 Å². The number of pyridine rings is 1. The van der Waals surface area contributed by atoms with Gasteiger partial charge in [-0.1, -0.05) is 59.7 Å². The van der Waals surface area contributed by atoms with Gasteiger partial charge in [-0.2, -0.15) is 0 Å². The number of fused-ring (bicyclic) bond motifs is 3. The van der Waals surface area contributed by atoms with Gasteiger partial charge in [0.25, 0.3) is 6.33 Å². The fraction of sp³-hybridized carbons (Fsp3) is 0.0556. The second-order valence-electron chi connectivity index (χ2n) is 9.90. The van der Waals surface area contributed by atoms with E-state index in [1.165, 1.54) is 11.1 Å². The molecule has 7 aromatic rings. The second-order valence-corrected chi connectivity index (χ2v) is 9.90. The normalized spacial score (nSPS) is 11.2. The SMILES string of the molecule is Cc1cc(C)cc(-n2[c-][n+]3c4c(cccc42)Oc2cc4ccccc4[c-]c2-3)c1.[Ir+3].[c-]1ccccc1-c1ccccn1. The topological polar surface area (TPSA) is 30.9 Å². The Labute approximate surface area is 252 Å². The van der Waals surface area contributed by atoms with E-state index in [0.717, 1.165) is 55.9 Å². The van der Waals surface area contributed by atoms with E-state index in [1.54, 1.807) is 6.20 Å². The molecule has 0 saturated heterocycles. The van der Waals surface area contributed by atoms with Crippen LogP contribution in [0.2, 0.25) is 0 Å². The van der Waals surface area contributed by atoms with E-state index in [-0.39, 0.29) is 20.1 Å². The molecule has 0 atom stereocenters. The van der Waals surface area contributed by atoms with Gasteiger partial charge < -0.3 is 14.3 Å². The molecule has 3 heterocycles. The van der Waals surface area contributed by atoms with Crippen molar-refractivity contribution in [2.45, 2.75) is 13.8 Å². The first-order valence-corrected chi connectivity index (χ1v) is 13.2. The summed E-state index contributed by atoms with van der Waals surface area (Å²) in [6.07, 6.45) is 5.33. The molecular formula is C36H25IrN3O+. The van der Waals surface area contributed by atoms with Crippen LogP contribution in [-0.4, -0.2) is 9.55 Å². The zero-order valence-electron chi connectivity index (χ0n) is 22.6. The van der Waals surface area contributed by atoms with Crippen molar-refractivity contribution in [3.63, 3.8) is 0 Å². The van der Waals surface area contributed by atoms with Crippen LogP contribution < -0.4 is 9.30 Å². The third-order valence-corrected chi connectivity index (χ3v) is 6.93. The Morgan fingerprint density at radius 1 is 0.780 bits per heavy atom. The standard InChI is InChI=1S/C25H17N2O.C11H8N.Ir/c1-16-10-17(2)12-20(11-16)26-15-27-22-13-18-6-3-4-7-19(18)14-24(22)28-23-9-5-8-21(26)25(23)27;1-2-6-10(7-3-1)11-8-4-5-9-12-11;/h3-12,14H,1-2H3;1-6,8-9H;/q2*-1;+3. The Kier molecular flexibility index (Phi) is 7.23. The van der Waals surface area contributed by atoms with Gasteiger partial charge in [0.1, 0.15) is 11.3 Å². The number of ether oxygens (including phenoxy) is 1. The zero-order valence-corrected chi connectivity index (χ0v) is 24.9. The number of benzene rings is 5. The van der Waals surface area contributed by atoms with Gasteiger partial charge in [-0.15, -0.1) is 64.9 Å². The molecule has 1 aliphatic heterocycles. The molecule has 0 spiro atoms. The number of para-hydroxylation sites is 1. The van der Waals surface area contributed by atoms with Gasteiger partial charge in [0.15, 0.2) is 0 Å². The Morgan fingerprint density at radius 3 is 2.37 bits per heavy atom. The van der Waals surface area contributed by atoms with E-state index in [0.29, 0.717) is 0 Å². The van der Waals surface area contributed by atoms with E-state index < -0.39 is 0 Å². The summed E-state index contributed by atoms with van der Waals surface area (Å²) in [6, 6.07) is 43.4. The summed E-state index contributed by atoms with van der Waals surface area (Å²) >= 11 is 0. The molecule has 4 nitrogen and oxygen atoms in total. The summed E-state index contributed by atoms with van der Waals surface area (Å²) in [6.45, 7) is 4.25. The first-order chi connectivity index (χ1) is 19.6. The number of aryl methyl sites for hydroxylation is 2. The number of aromatic nitrogens is 3. The van der Waals surface area contributed by atoms with Crippen LogP contribution in [0.4, 0.5) is 0 Å². The predicted molar refractivity (Wildman–Crippen MR) is 158 cm³/mol. The van der Waals surface area contributed by atoms with Crippen molar-refractivity contribution in [1.82, 2.24) is 9.55 Å². The second kappa shape index (κ2) is 11.1. The van der Waals surface area contributed by atoms with Gasteiger partial charge in [-0.25, -0.2) is 0 Å². The fourth-order valence-electron chi connectivity index (χ4n) is 5.21. The molecule has 5 aromatic carbocycles. The Hall–Kier alpha value is -4.57. The minimum atomic E-state index is 0. The molecule has 0 fully saturated rings. The van der Waals surface area contributed by atoms with Crippen molar-refractivity contribution >= 4 is 21.8 Å². The van der Waals surface area contributed by atoms with Crippen LogP contribution in [-0.2, 0) is 20.1 Å². The number of hydrogen-bond donors (Lipinski definition) is 0. The fourth-order valence-corrected chi connectivity index (χ4v) is 5.21. The first kappa shape index (κ1) is 26.6. The summed E-state index contributed by atoms with van der Waals surface area (Å²) < 4.78 is 10.5. The van der Waals surface area contributed by atoms with Crippen molar-refractivity contribution in [2.24, 2.45) is 0 Å². The van der Waals surface area contributed by atoms with Gasteiger partial charge in [0, 0.05) is 11.9 Å². The monoisotopic (exact) mass is 708 g/mol. The Balaban J connectivity index is 0.000000196. The minimum Gasteiger partial charge on any atom is -0.509 e. The molecule has 0 unspecified atom stereocenters. The van der Waals surface area contributed by atoms with Crippen LogP contribution in [0, 0.1) is 32.3 Å². The van der Waals surface area contributed by atoms with E-state index >= 15 is 0 Å². The molecule has 0 saturated carbocycles. The maximum atomic E-state index is 6.27. The van der Waals surface area contributed by atoms with Gasteiger partial charge in [0.2, 0.25) is 0 Å². The summed E-state index contributed by atoms with van der Waals surface area (Å²) in [4.78, 5) is 4.22. The first-order valence-electron chi connectivity index (χ1n) is 13.2. The summed E-state index contributed by atoms with van der Waals surface area (Å²) in [5, 5.41) is 2.18. The molecule has 2 aromatic heterocycles. The zero-order chi connectivity index (χ0) is 27.1. The average molecular weight is 708 g/mol. The molecule has 41 heavy (non-hydrogen) atoms. The van der Waals surface area contributed by atoms with E-state index in [2.05, 4.69) is 88.9 Å². The molecule has 5 heteroatoms. The van der Waals surface area contributed by atoms with Crippen LogP contribution in [0.25, 0.3) is 44.4 Å². The number of hydrogen-bond acceptors (Lipinski definition) is 2. The number of rotatable bonds is 2. The minimum absolute atomic E-state index is 0. The van der Waals surface area contributed by atoms with Crippen LogP contribution in [0.3, 0.4) is 0 Å². The van der Waals surface area contributed by atoms with Crippen LogP contribution in [0.5, 0.6) is 11.5 Å². The molecule has 0 bridgehead atoms. The maximum Gasteiger partial charge on any atom is 3.00 e. The molecular weight excluding hydrogens is 683 g/mol. The summed E-state index contributed by atoms with van der Waals surface area (Å²) in [7, 11) is 0. The van der Waals surface area contributed by atoms with Crippen molar-refractivity contribution in [3.8, 4) is 34.1 Å². The third-order valence-electron chi connectivity index (χ3n) is 6.93. The van der Waals surface area contributed by atoms with Crippen LogP contribution in [0.15, 0.2) is 115 Å². The quantitative estimate of drug-likeness (QED) is 0.135. The molecule has 0 radical (unpaired) electrons. The number of imidazole rings is 1. The molecule has 0 amide bonds. The third kappa shape index (κ3) is 5.06. The average Bonchev–Trinajstić information content (AvgIpc) is 3.39. The van der Waals surface area contributed by atoms with Crippen LogP contribution >= 0.6 is 0 Å². The van der Waals surface area contributed by atoms with Gasteiger partial charge in [-0.3, -0.25) is 4.57 Å². The van der Waals surface area contributed by atoms with Crippen molar-refractivity contribution in [2.75, 3.05) is 0 Å². The number of nitrogens with zero attached hydrogens (tertiary/aromatic N) is 3. The van der Waals surface area contributed by atoms with E-state index in [9.17, 15) is 0 Å². The van der Waals surface area contributed by atoms with Crippen LogP contribution in [0.1, 0.15) is 11.1 Å². The molecule has 0 aliphatic carbocycles. The smallest absolute Gasteiger partial charge is 0.509 e. The molecule has 198 valence electrons. The molecule has 1 aliphatic rings. The molecule has 0 N–H and O–H groups in total. The summed E-state index contributed by atoms with van der Waals surface area (Å²) in [5.41, 5.74) is 8.55. The predicted octanol–water partition coefficient (Wildman–Crippen LogP) is 7.93. The van der Waals surface area contributed by atoms with Crippen molar-refractivity contribution in [3.05, 3.63) is 145 Å². The van der Waals surface area contributed by atoms with Crippen molar-refractivity contribution < 1.29 is 29.4 Å². The van der Waals surface area contributed by atoms with Crippen molar-refractivity contribution in [1.29, 1.82) is 0 Å². The maximum absolute atomic E-state index is 6.27. The molecule has 8 rings (SSSR count). The van der Waals surface area contributed by atoms with Gasteiger partial charge in [0.05, 0.1) is 17.0 Å².